The van der Waals surface area contributed by atoms with Crippen molar-refractivity contribution in [2.24, 2.45) is 0 Å². The van der Waals surface area contributed by atoms with Crippen LogP contribution in [-0.4, -0.2) is 7.05 Å². The standard InChI is InChI=1S/C14H13Cl2N/c1-17(10-11-5-3-2-4-6-11)14-8-12(15)7-13(16)9-14/h2-9H,10H2,1H3. The molecule has 0 radical (unpaired) electrons. The molecule has 0 aliphatic rings. The van der Waals surface area contributed by atoms with Gasteiger partial charge in [-0.1, -0.05) is 53.5 Å². The summed E-state index contributed by atoms with van der Waals surface area (Å²) < 4.78 is 0. The van der Waals surface area contributed by atoms with Gasteiger partial charge in [0, 0.05) is 29.3 Å². The number of halogens is 2. The lowest BCUT2D eigenvalue weighted by Gasteiger charge is -2.20. The largest absolute Gasteiger partial charge is 0.370 e. The van der Waals surface area contributed by atoms with Crippen LogP contribution in [0.3, 0.4) is 0 Å². The molecule has 0 heterocycles. The van der Waals surface area contributed by atoms with Crippen molar-refractivity contribution in [2.45, 2.75) is 6.54 Å². The number of anilines is 1. The molecule has 88 valence electrons. The van der Waals surface area contributed by atoms with E-state index in [4.69, 9.17) is 23.2 Å². The number of benzene rings is 2. The lowest BCUT2D eigenvalue weighted by atomic mass is 10.2. The molecule has 0 fully saturated rings. The Kier molecular flexibility index (Phi) is 3.93. The third kappa shape index (κ3) is 3.39. The molecule has 0 N–H and O–H groups in total. The van der Waals surface area contributed by atoms with E-state index in [0.717, 1.165) is 12.2 Å². The van der Waals surface area contributed by atoms with Gasteiger partial charge in [-0.05, 0) is 23.8 Å². The van der Waals surface area contributed by atoms with Crippen molar-refractivity contribution < 1.29 is 0 Å². The maximum atomic E-state index is 5.99. The fourth-order valence-electron chi connectivity index (χ4n) is 1.71. The minimum atomic E-state index is 0.660. The first-order chi connectivity index (χ1) is 8.15. The second-order valence-corrected chi connectivity index (χ2v) is 4.84. The van der Waals surface area contributed by atoms with Crippen molar-refractivity contribution in [1.82, 2.24) is 0 Å². The Labute approximate surface area is 112 Å². The molecule has 0 saturated heterocycles. The summed E-state index contributed by atoms with van der Waals surface area (Å²) >= 11 is 12.0. The van der Waals surface area contributed by atoms with E-state index < -0.39 is 0 Å². The van der Waals surface area contributed by atoms with Gasteiger partial charge in [-0.15, -0.1) is 0 Å². The summed E-state index contributed by atoms with van der Waals surface area (Å²) in [5, 5.41) is 1.32. The first-order valence-electron chi connectivity index (χ1n) is 5.36. The first kappa shape index (κ1) is 12.3. The molecule has 0 saturated carbocycles. The lowest BCUT2D eigenvalue weighted by Crippen LogP contribution is -2.16. The lowest BCUT2D eigenvalue weighted by molar-refractivity contribution is 0.923. The van der Waals surface area contributed by atoms with Crippen molar-refractivity contribution >= 4 is 28.9 Å². The van der Waals surface area contributed by atoms with Crippen LogP contribution in [0.1, 0.15) is 5.56 Å². The highest BCUT2D eigenvalue weighted by atomic mass is 35.5. The van der Waals surface area contributed by atoms with Gasteiger partial charge in [-0.2, -0.15) is 0 Å². The zero-order valence-electron chi connectivity index (χ0n) is 9.53. The molecule has 0 bridgehead atoms. The van der Waals surface area contributed by atoms with Crippen molar-refractivity contribution in [3.05, 3.63) is 64.1 Å². The molecule has 0 unspecified atom stereocenters. The summed E-state index contributed by atoms with van der Waals surface area (Å²) in [6, 6.07) is 15.9. The van der Waals surface area contributed by atoms with Gasteiger partial charge in [-0.25, -0.2) is 0 Å². The smallest absolute Gasteiger partial charge is 0.0441 e. The number of hydrogen-bond acceptors (Lipinski definition) is 1. The minimum absolute atomic E-state index is 0.660. The van der Waals surface area contributed by atoms with Crippen LogP contribution in [0.2, 0.25) is 10.0 Å². The second kappa shape index (κ2) is 5.44. The van der Waals surface area contributed by atoms with Gasteiger partial charge in [0.2, 0.25) is 0 Å². The fourth-order valence-corrected chi connectivity index (χ4v) is 2.22. The van der Waals surface area contributed by atoms with Crippen LogP contribution >= 0.6 is 23.2 Å². The van der Waals surface area contributed by atoms with E-state index in [1.165, 1.54) is 5.56 Å². The molecular formula is C14H13Cl2N. The Morgan fingerprint density at radius 2 is 1.53 bits per heavy atom. The van der Waals surface area contributed by atoms with E-state index in [-0.39, 0.29) is 0 Å². The molecule has 0 amide bonds. The predicted molar refractivity (Wildman–Crippen MR) is 75.0 cm³/mol. The molecule has 0 aliphatic carbocycles. The first-order valence-corrected chi connectivity index (χ1v) is 6.12. The molecule has 0 spiro atoms. The van der Waals surface area contributed by atoms with E-state index >= 15 is 0 Å². The summed E-state index contributed by atoms with van der Waals surface area (Å²) in [4.78, 5) is 2.12. The van der Waals surface area contributed by atoms with Gasteiger partial charge < -0.3 is 4.90 Å². The van der Waals surface area contributed by atoms with Crippen LogP contribution in [0, 0.1) is 0 Å². The summed E-state index contributed by atoms with van der Waals surface area (Å²) in [5.41, 5.74) is 2.28. The van der Waals surface area contributed by atoms with Gasteiger partial charge in [0.05, 0.1) is 0 Å². The van der Waals surface area contributed by atoms with Crippen molar-refractivity contribution in [2.75, 3.05) is 11.9 Å². The number of hydrogen-bond donors (Lipinski definition) is 0. The predicted octanol–water partition coefficient (Wildman–Crippen LogP) is 4.63. The maximum Gasteiger partial charge on any atom is 0.0441 e. The monoisotopic (exact) mass is 265 g/mol. The molecule has 3 heteroatoms. The van der Waals surface area contributed by atoms with E-state index in [9.17, 15) is 0 Å². The average molecular weight is 266 g/mol. The number of nitrogens with zero attached hydrogens (tertiary/aromatic N) is 1. The molecular weight excluding hydrogens is 253 g/mol. The highest BCUT2D eigenvalue weighted by molar-refractivity contribution is 6.35. The molecule has 0 aromatic heterocycles. The highest BCUT2D eigenvalue weighted by Crippen LogP contribution is 2.25. The molecule has 1 nitrogen and oxygen atoms in total. The summed E-state index contributed by atoms with van der Waals surface area (Å²) in [6.07, 6.45) is 0. The van der Waals surface area contributed by atoms with Gasteiger partial charge >= 0.3 is 0 Å². The number of rotatable bonds is 3. The topological polar surface area (TPSA) is 3.24 Å². The molecule has 0 atom stereocenters. The fraction of sp³-hybridized carbons (Fsp3) is 0.143. The SMILES string of the molecule is CN(Cc1ccccc1)c1cc(Cl)cc(Cl)c1. The Bertz CT molecular complexity index is 477. The summed E-state index contributed by atoms with van der Waals surface area (Å²) in [5.74, 6) is 0. The molecule has 2 aromatic rings. The summed E-state index contributed by atoms with van der Waals surface area (Å²) in [7, 11) is 2.02. The van der Waals surface area contributed by atoms with Crippen LogP contribution in [0.5, 0.6) is 0 Å². The third-order valence-corrected chi connectivity index (χ3v) is 2.99. The van der Waals surface area contributed by atoms with Gasteiger partial charge in [0.25, 0.3) is 0 Å². The molecule has 0 aliphatic heterocycles. The van der Waals surface area contributed by atoms with E-state index in [2.05, 4.69) is 17.0 Å². The molecule has 2 aromatic carbocycles. The van der Waals surface area contributed by atoms with E-state index in [1.54, 1.807) is 6.07 Å². The minimum Gasteiger partial charge on any atom is -0.370 e. The van der Waals surface area contributed by atoms with Gasteiger partial charge in [0.1, 0.15) is 0 Å². The average Bonchev–Trinajstić information content (AvgIpc) is 2.29. The van der Waals surface area contributed by atoms with Crippen LogP contribution in [0.4, 0.5) is 5.69 Å². The van der Waals surface area contributed by atoms with Crippen molar-refractivity contribution in [3.8, 4) is 0 Å². The Hall–Kier alpha value is -1.18. The van der Waals surface area contributed by atoms with E-state index in [0.29, 0.717) is 10.0 Å². The van der Waals surface area contributed by atoms with Crippen LogP contribution < -0.4 is 4.90 Å². The second-order valence-electron chi connectivity index (χ2n) is 3.97. The van der Waals surface area contributed by atoms with Gasteiger partial charge in [0.15, 0.2) is 0 Å². The highest BCUT2D eigenvalue weighted by Gasteiger charge is 2.04. The van der Waals surface area contributed by atoms with E-state index in [1.807, 2.05) is 37.4 Å². The Morgan fingerprint density at radius 1 is 0.941 bits per heavy atom. The Balaban J connectivity index is 2.17. The quantitative estimate of drug-likeness (QED) is 0.782. The molecule has 2 rings (SSSR count). The van der Waals surface area contributed by atoms with Crippen LogP contribution in [0.15, 0.2) is 48.5 Å². The zero-order valence-corrected chi connectivity index (χ0v) is 11.0. The summed E-state index contributed by atoms with van der Waals surface area (Å²) in [6.45, 7) is 0.831. The zero-order chi connectivity index (χ0) is 12.3. The normalized spacial score (nSPS) is 10.3. The van der Waals surface area contributed by atoms with Crippen molar-refractivity contribution in [1.29, 1.82) is 0 Å². The molecule has 17 heavy (non-hydrogen) atoms. The Morgan fingerprint density at radius 3 is 2.12 bits per heavy atom. The van der Waals surface area contributed by atoms with Gasteiger partial charge in [-0.3, -0.25) is 0 Å². The maximum absolute atomic E-state index is 5.99. The van der Waals surface area contributed by atoms with Crippen LogP contribution in [0.25, 0.3) is 0 Å². The van der Waals surface area contributed by atoms with Crippen LogP contribution in [-0.2, 0) is 6.54 Å². The van der Waals surface area contributed by atoms with Crippen molar-refractivity contribution in [3.63, 3.8) is 0 Å². The third-order valence-electron chi connectivity index (χ3n) is 2.55.